The number of carbonyl (C=O) groups excluding carboxylic acids is 1. The van der Waals surface area contributed by atoms with E-state index in [1.807, 2.05) is 6.07 Å². The Kier molecular flexibility index (Phi) is 7.78. The van der Waals surface area contributed by atoms with Crippen LogP contribution < -0.4 is 5.32 Å². The summed E-state index contributed by atoms with van der Waals surface area (Å²) in [5, 5.41) is 15.6. The second kappa shape index (κ2) is 11.1. The standard InChI is InChI=1S/C23H25N5O5S/c1-2-33-23(29)20-21(26-22(34-20)16-6-8-24-9-7-16)25-14-18-17(4-3-5-19(18)28(30)31)15-27-10-12-32-13-11-27/h3-9,25H,2,10-15H2,1H3. The van der Waals surface area contributed by atoms with Crippen LogP contribution in [0.2, 0.25) is 0 Å². The van der Waals surface area contributed by atoms with E-state index < -0.39 is 5.97 Å². The average Bonchev–Trinajstić information content (AvgIpc) is 3.29. The van der Waals surface area contributed by atoms with Gasteiger partial charge in [0.15, 0.2) is 10.7 Å². The van der Waals surface area contributed by atoms with Gasteiger partial charge in [0.25, 0.3) is 5.69 Å². The van der Waals surface area contributed by atoms with Crippen molar-refractivity contribution in [2.75, 3.05) is 38.2 Å². The van der Waals surface area contributed by atoms with Gasteiger partial charge in [-0.2, -0.15) is 0 Å². The van der Waals surface area contributed by atoms with Crippen LogP contribution in [0.25, 0.3) is 10.6 Å². The third-order valence-corrected chi connectivity index (χ3v) is 6.48. The second-order valence-corrected chi connectivity index (χ2v) is 8.57. The predicted molar refractivity (Wildman–Crippen MR) is 128 cm³/mol. The topological polar surface area (TPSA) is 120 Å². The zero-order valence-corrected chi connectivity index (χ0v) is 19.5. The summed E-state index contributed by atoms with van der Waals surface area (Å²) in [5.41, 5.74) is 2.26. The van der Waals surface area contributed by atoms with Gasteiger partial charge in [0.05, 0.1) is 30.3 Å². The van der Waals surface area contributed by atoms with Crippen molar-refractivity contribution < 1.29 is 19.2 Å². The summed E-state index contributed by atoms with van der Waals surface area (Å²) in [5.74, 6) is -0.148. The van der Waals surface area contributed by atoms with Crippen LogP contribution in [0, 0.1) is 10.1 Å². The Balaban J connectivity index is 1.63. The number of aromatic nitrogens is 2. The summed E-state index contributed by atoms with van der Waals surface area (Å²) in [6.45, 7) is 5.50. The number of hydrogen-bond acceptors (Lipinski definition) is 10. The van der Waals surface area contributed by atoms with Crippen molar-refractivity contribution in [2.45, 2.75) is 20.0 Å². The zero-order chi connectivity index (χ0) is 23.9. The van der Waals surface area contributed by atoms with Gasteiger partial charge < -0.3 is 14.8 Å². The largest absolute Gasteiger partial charge is 0.462 e. The predicted octanol–water partition coefficient (Wildman–Crippen LogP) is 3.73. The van der Waals surface area contributed by atoms with E-state index in [9.17, 15) is 14.9 Å². The van der Waals surface area contributed by atoms with Crippen molar-refractivity contribution in [2.24, 2.45) is 0 Å². The van der Waals surface area contributed by atoms with Gasteiger partial charge in [0.1, 0.15) is 5.01 Å². The lowest BCUT2D eigenvalue weighted by atomic mass is 10.0. The summed E-state index contributed by atoms with van der Waals surface area (Å²) in [6, 6.07) is 8.70. The summed E-state index contributed by atoms with van der Waals surface area (Å²) < 4.78 is 10.6. The molecule has 1 aromatic carbocycles. The van der Waals surface area contributed by atoms with Crippen LogP contribution in [-0.4, -0.2) is 58.7 Å². The molecule has 0 spiro atoms. The lowest BCUT2D eigenvalue weighted by Gasteiger charge is -2.27. The number of hydrogen-bond donors (Lipinski definition) is 1. The normalized spacial score (nSPS) is 14.0. The monoisotopic (exact) mass is 483 g/mol. The van der Waals surface area contributed by atoms with Crippen LogP contribution >= 0.6 is 11.3 Å². The molecular formula is C23H25N5O5S. The highest BCUT2D eigenvalue weighted by Crippen LogP contribution is 2.33. The molecule has 1 aliphatic heterocycles. The molecule has 0 radical (unpaired) electrons. The molecule has 0 amide bonds. The van der Waals surface area contributed by atoms with Crippen LogP contribution in [0.15, 0.2) is 42.7 Å². The van der Waals surface area contributed by atoms with E-state index in [0.717, 1.165) is 24.2 Å². The Morgan fingerprint density at radius 3 is 2.74 bits per heavy atom. The Bertz CT molecular complexity index is 1150. The van der Waals surface area contributed by atoms with E-state index in [-0.39, 0.29) is 23.8 Å². The van der Waals surface area contributed by atoms with E-state index in [1.165, 1.54) is 17.4 Å². The smallest absolute Gasteiger partial charge is 0.352 e. The maximum Gasteiger partial charge on any atom is 0.352 e. The molecule has 1 aliphatic rings. The number of nitrogens with one attached hydrogen (secondary N) is 1. The van der Waals surface area contributed by atoms with Gasteiger partial charge in [-0.25, -0.2) is 9.78 Å². The molecule has 3 heterocycles. The molecule has 0 aliphatic carbocycles. The van der Waals surface area contributed by atoms with E-state index in [4.69, 9.17) is 9.47 Å². The van der Waals surface area contributed by atoms with Crippen molar-refractivity contribution in [3.8, 4) is 10.6 Å². The number of rotatable bonds is 9. The SMILES string of the molecule is CCOC(=O)c1sc(-c2ccncc2)nc1NCc1c(CN2CCOCC2)cccc1[N+](=O)[O-]. The number of nitrogens with zero attached hydrogens (tertiary/aromatic N) is 4. The molecule has 1 saturated heterocycles. The summed E-state index contributed by atoms with van der Waals surface area (Å²) in [6.07, 6.45) is 3.30. The number of carbonyl (C=O) groups is 1. The number of anilines is 1. The summed E-state index contributed by atoms with van der Waals surface area (Å²) >= 11 is 1.21. The molecule has 1 fully saturated rings. The van der Waals surface area contributed by atoms with Gasteiger partial charge in [-0.1, -0.05) is 12.1 Å². The fraction of sp³-hybridized carbons (Fsp3) is 0.348. The van der Waals surface area contributed by atoms with Crippen molar-refractivity contribution in [1.29, 1.82) is 0 Å². The van der Waals surface area contributed by atoms with Gasteiger partial charge in [-0.05, 0) is 24.6 Å². The fourth-order valence-corrected chi connectivity index (χ4v) is 4.65. The first kappa shape index (κ1) is 23.7. The summed E-state index contributed by atoms with van der Waals surface area (Å²) in [7, 11) is 0. The first-order chi connectivity index (χ1) is 16.6. The maximum absolute atomic E-state index is 12.6. The molecular weight excluding hydrogens is 458 g/mol. The number of morpholine rings is 1. The molecule has 1 N–H and O–H groups in total. The third kappa shape index (κ3) is 5.56. The molecule has 0 atom stereocenters. The van der Waals surface area contributed by atoms with Crippen molar-refractivity contribution >= 4 is 28.8 Å². The van der Waals surface area contributed by atoms with E-state index >= 15 is 0 Å². The minimum atomic E-state index is -0.487. The number of esters is 1. The van der Waals surface area contributed by atoms with Gasteiger partial charge in [0, 0.05) is 50.2 Å². The Morgan fingerprint density at radius 2 is 2.03 bits per heavy atom. The van der Waals surface area contributed by atoms with Gasteiger partial charge in [-0.3, -0.25) is 20.0 Å². The van der Waals surface area contributed by atoms with Crippen LogP contribution in [0.1, 0.15) is 27.7 Å². The zero-order valence-electron chi connectivity index (χ0n) is 18.7. The molecule has 0 unspecified atom stereocenters. The molecule has 34 heavy (non-hydrogen) atoms. The summed E-state index contributed by atoms with van der Waals surface area (Å²) in [4.78, 5) is 35.1. The van der Waals surface area contributed by atoms with Gasteiger partial charge in [0.2, 0.25) is 0 Å². The van der Waals surface area contributed by atoms with Crippen LogP contribution in [0.4, 0.5) is 11.5 Å². The number of nitro groups is 1. The molecule has 11 heteroatoms. The highest BCUT2D eigenvalue weighted by atomic mass is 32.1. The molecule has 3 aromatic rings. The van der Waals surface area contributed by atoms with Gasteiger partial charge >= 0.3 is 5.97 Å². The number of thiazole rings is 1. The highest BCUT2D eigenvalue weighted by molar-refractivity contribution is 7.17. The average molecular weight is 484 g/mol. The van der Waals surface area contributed by atoms with Gasteiger partial charge in [-0.15, -0.1) is 11.3 Å². The molecule has 0 saturated carbocycles. The molecule has 0 bridgehead atoms. The first-order valence-corrected chi connectivity index (χ1v) is 11.8. The van der Waals surface area contributed by atoms with Crippen LogP contribution in [0.5, 0.6) is 0 Å². The Hall–Kier alpha value is -3.41. The maximum atomic E-state index is 12.6. The van der Waals surface area contributed by atoms with Crippen molar-refractivity contribution in [3.63, 3.8) is 0 Å². The minimum Gasteiger partial charge on any atom is -0.462 e. The molecule has 10 nitrogen and oxygen atoms in total. The lowest BCUT2D eigenvalue weighted by Crippen LogP contribution is -2.36. The second-order valence-electron chi connectivity index (χ2n) is 7.57. The van der Waals surface area contributed by atoms with Crippen molar-refractivity contribution in [3.05, 3.63) is 68.8 Å². The van der Waals surface area contributed by atoms with E-state index in [0.29, 0.717) is 41.0 Å². The number of benzene rings is 1. The lowest BCUT2D eigenvalue weighted by molar-refractivity contribution is -0.385. The van der Waals surface area contributed by atoms with E-state index in [2.05, 4.69) is 20.2 Å². The molecule has 178 valence electrons. The quantitative estimate of drug-likeness (QED) is 0.276. The minimum absolute atomic E-state index is 0.0283. The number of nitro benzene ring substituents is 1. The van der Waals surface area contributed by atoms with E-state index in [1.54, 1.807) is 37.5 Å². The van der Waals surface area contributed by atoms with Crippen LogP contribution in [-0.2, 0) is 22.6 Å². The highest BCUT2D eigenvalue weighted by Gasteiger charge is 2.23. The fourth-order valence-electron chi connectivity index (χ4n) is 3.71. The van der Waals surface area contributed by atoms with Crippen LogP contribution in [0.3, 0.4) is 0 Å². The Labute approximate surface area is 200 Å². The number of ether oxygens (including phenoxy) is 2. The molecule has 2 aromatic heterocycles. The third-order valence-electron chi connectivity index (χ3n) is 5.39. The number of pyridine rings is 1. The van der Waals surface area contributed by atoms with Crippen molar-refractivity contribution in [1.82, 2.24) is 14.9 Å². The molecule has 4 rings (SSSR count). The first-order valence-electron chi connectivity index (χ1n) is 10.9. The Morgan fingerprint density at radius 1 is 1.26 bits per heavy atom.